The minimum atomic E-state index is -1.34. The molecule has 1 fully saturated rings. The van der Waals surface area contributed by atoms with E-state index in [1.165, 1.54) is 16.7 Å². The molecule has 0 saturated carbocycles. The van der Waals surface area contributed by atoms with Crippen molar-refractivity contribution >= 4 is 23.8 Å². The lowest BCUT2D eigenvalue weighted by atomic mass is 9.90. The van der Waals surface area contributed by atoms with E-state index in [4.69, 9.17) is 0 Å². The summed E-state index contributed by atoms with van der Waals surface area (Å²) in [7, 11) is 0. The summed E-state index contributed by atoms with van der Waals surface area (Å²) < 4.78 is 0. The first-order chi connectivity index (χ1) is 17.7. The average molecular weight is 500 g/mol. The van der Waals surface area contributed by atoms with Gasteiger partial charge in [0.2, 0.25) is 5.91 Å². The van der Waals surface area contributed by atoms with Gasteiger partial charge in [-0.2, -0.15) is 0 Å². The molecule has 1 aliphatic rings. The lowest BCUT2D eigenvalue weighted by Gasteiger charge is -2.32. The molecule has 8 heteroatoms. The zero-order chi connectivity index (χ0) is 26.6. The number of aliphatic carboxylic acids is 1. The molecule has 37 heavy (non-hydrogen) atoms. The molecule has 0 radical (unpaired) electrons. The Morgan fingerprint density at radius 3 is 1.92 bits per heavy atom. The van der Waals surface area contributed by atoms with Gasteiger partial charge >= 0.3 is 12.0 Å². The number of imide groups is 1. The van der Waals surface area contributed by atoms with Gasteiger partial charge in [-0.25, -0.2) is 9.59 Å². The summed E-state index contributed by atoms with van der Waals surface area (Å²) in [6, 6.07) is 25.5. The van der Waals surface area contributed by atoms with Crippen LogP contribution in [0.1, 0.15) is 30.5 Å². The van der Waals surface area contributed by atoms with Crippen LogP contribution in [0, 0.1) is 0 Å². The fourth-order valence-electron chi connectivity index (χ4n) is 4.56. The number of nitrogens with zero attached hydrogens (tertiary/aromatic N) is 3. The number of hydrogen-bond acceptors (Lipinski definition) is 4. The quantitative estimate of drug-likeness (QED) is 0.451. The Hall–Kier alpha value is -4.46. The molecule has 190 valence electrons. The highest BCUT2D eigenvalue weighted by atomic mass is 16.4. The lowest BCUT2D eigenvalue weighted by Crippen LogP contribution is -2.49. The van der Waals surface area contributed by atoms with Gasteiger partial charge in [-0.05, 0) is 30.5 Å². The molecule has 0 spiro atoms. The van der Waals surface area contributed by atoms with E-state index in [0.717, 1.165) is 16.0 Å². The van der Waals surface area contributed by atoms with E-state index in [1.54, 1.807) is 55.5 Å². The zero-order valence-corrected chi connectivity index (χ0v) is 20.8. The number of benzene rings is 3. The molecule has 4 amide bonds. The summed E-state index contributed by atoms with van der Waals surface area (Å²) in [5.74, 6) is -2.34. The van der Waals surface area contributed by atoms with Crippen LogP contribution in [0.3, 0.4) is 0 Å². The number of urea groups is 1. The molecule has 4 rings (SSSR count). The van der Waals surface area contributed by atoms with Gasteiger partial charge in [0.15, 0.2) is 0 Å². The van der Waals surface area contributed by atoms with Crippen molar-refractivity contribution < 1.29 is 24.3 Å². The van der Waals surface area contributed by atoms with Gasteiger partial charge in [-0.1, -0.05) is 91.0 Å². The van der Waals surface area contributed by atoms with Crippen molar-refractivity contribution in [3.05, 3.63) is 108 Å². The van der Waals surface area contributed by atoms with Crippen molar-refractivity contribution in [2.45, 2.75) is 38.5 Å². The zero-order valence-electron chi connectivity index (χ0n) is 20.8. The third-order valence-electron chi connectivity index (χ3n) is 6.82. The summed E-state index contributed by atoms with van der Waals surface area (Å²) in [5, 5.41) is 9.63. The van der Waals surface area contributed by atoms with Crippen molar-refractivity contribution in [1.29, 1.82) is 0 Å². The topological polar surface area (TPSA) is 98.2 Å². The summed E-state index contributed by atoms with van der Waals surface area (Å²) >= 11 is 0. The van der Waals surface area contributed by atoms with Crippen LogP contribution in [0.4, 0.5) is 4.79 Å². The molecule has 3 aromatic carbocycles. The Bertz CT molecular complexity index is 1280. The van der Waals surface area contributed by atoms with E-state index >= 15 is 0 Å². The van der Waals surface area contributed by atoms with E-state index in [0.29, 0.717) is 5.56 Å². The van der Waals surface area contributed by atoms with Crippen molar-refractivity contribution in [3.8, 4) is 0 Å². The van der Waals surface area contributed by atoms with Crippen molar-refractivity contribution in [2.75, 3.05) is 6.54 Å². The fourth-order valence-corrected chi connectivity index (χ4v) is 4.56. The standard InChI is InChI=1S/C29H29N3O5/c1-21(26(34)35)30(18-22-12-6-3-7-13-22)25(33)20-31-27(36)29(2,24-16-10-5-11-17-24)32(28(31)37)19-23-14-8-4-9-15-23/h3-17,21H,18-20H2,1-2H3,(H,34,35)/t21-,29+/m0/s1. The van der Waals surface area contributed by atoms with Crippen molar-refractivity contribution in [3.63, 3.8) is 0 Å². The number of rotatable bonds is 9. The molecule has 8 nitrogen and oxygen atoms in total. The number of carbonyl (C=O) groups excluding carboxylic acids is 3. The first-order valence-electron chi connectivity index (χ1n) is 12.0. The molecular weight excluding hydrogens is 470 g/mol. The molecular formula is C29H29N3O5. The highest BCUT2D eigenvalue weighted by molar-refractivity contribution is 6.09. The van der Waals surface area contributed by atoms with Gasteiger partial charge in [0.1, 0.15) is 18.1 Å². The van der Waals surface area contributed by atoms with Crippen LogP contribution in [0.25, 0.3) is 0 Å². The number of hydrogen-bond donors (Lipinski definition) is 1. The average Bonchev–Trinajstić information content (AvgIpc) is 3.09. The Balaban J connectivity index is 1.66. The minimum absolute atomic E-state index is 0.0348. The van der Waals surface area contributed by atoms with Crippen LogP contribution in [0.5, 0.6) is 0 Å². The fraction of sp³-hybridized carbons (Fsp3) is 0.241. The van der Waals surface area contributed by atoms with Crippen molar-refractivity contribution in [1.82, 2.24) is 14.7 Å². The number of carbonyl (C=O) groups is 4. The normalized spacial score (nSPS) is 18.1. The summed E-state index contributed by atoms with van der Waals surface area (Å²) in [5.41, 5.74) is 0.864. The number of amides is 4. The maximum atomic E-state index is 13.8. The maximum Gasteiger partial charge on any atom is 0.328 e. The summed E-state index contributed by atoms with van der Waals surface area (Å²) in [6.07, 6.45) is 0. The Morgan fingerprint density at radius 2 is 1.38 bits per heavy atom. The van der Waals surface area contributed by atoms with Crippen LogP contribution in [0.2, 0.25) is 0 Å². The predicted octanol–water partition coefficient (Wildman–Crippen LogP) is 3.87. The summed E-state index contributed by atoms with van der Waals surface area (Å²) in [4.78, 5) is 56.3. The monoisotopic (exact) mass is 499 g/mol. The molecule has 1 N–H and O–H groups in total. The Labute approximate surface area is 215 Å². The van der Waals surface area contributed by atoms with E-state index in [1.807, 2.05) is 42.5 Å². The largest absolute Gasteiger partial charge is 0.480 e. The number of carboxylic acid groups (broad SMARTS) is 1. The van der Waals surface area contributed by atoms with Gasteiger partial charge in [-0.15, -0.1) is 0 Å². The smallest absolute Gasteiger partial charge is 0.328 e. The molecule has 0 bridgehead atoms. The van der Waals surface area contributed by atoms with Crippen LogP contribution < -0.4 is 0 Å². The second-order valence-corrected chi connectivity index (χ2v) is 9.21. The minimum Gasteiger partial charge on any atom is -0.480 e. The molecule has 2 atom stereocenters. The lowest BCUT2D eigenvalue weighted by molar-refractivity contribution is -0.151. The van der Waals surface area contributed by atoms with Crippen LogP contribution in [-0.4, -0.2) is 56.2 Å². The van der Waals surface area contributed by atoms with Crippen LogP contribution in [0.15, 0.2) is 91.0 Å². The summed E-state index contributed by atoms with van der Waals surface area (Å²) in [6.45, 7) is 2.73. The second kappa shape index (κ2) is 10.7. The molecule has 1 saturated heterocycles. The molecule has 1 aliphatic heterocycles. The van der Waals surface area contributed by atoms with Gasteiger partial charge in [-0.3, -0.25) is 14.5 Å². The van der Waals surface area contributed by atoms with Gasteiger partial charge in [0.05, 0.1) is 0 Å². The third-order valence-corrected chi connectivity index (χ3v) is 6.82. The predicted molar refractivity (Wildman–Crippen MR) is 137 cm³/mol. The SMILES string of the molecule is C[C@@H](C(=O)O)N(Cc1ccccc1)C(=O)CN1C(=O)N(Cc2ccccc2)[C@](C)(c2ccccc2)C1=O. The Kier molecular flexibility index (Phi) is 7.38. The molecule has 3 aromatic rings. The maximum absolute atomic E-state index is 13.8. The van der Waals surface area contributed by atoms with Gasteiger partial charge in [0.25, 0.3) is 5.91 Å². The first kappa shape index (κ1) is 25.6. The second-order valence-electron chi connectivity index (χ2n) is 9.21. The van der Waals surface area contributed by atoms with Gasteiger partial charge < -0.3 is 14.9 Å². The van der Waals surface area contributed by atoms with Crippen molar-refractivity contribution in [2.24, 2.45) is 0 Å². The van der Waals surface area contributed by atoms with E-state index in [2.05, 4.69) is 0 Å². The van der Waals surface area contributed by atoms with Gasteiger partial charge in [0, 0.05) is 13.1 Å². The van der Waals surface area contributed by atoms with Crippen LogP contribution >= 0.6 is 0 Å². The third kappa shape index (κ3) is 5.09. The van der Waals surface area contributed by atoms with E-state index in [9.17, 15) is 24.3 Å². The highest BCUT2D eigenvalue weighted by Crippen LogP contribution is 2.38. The van der Waals surface area contributed by atoms with Crippen LogP contribution in [-0.2, 0) is 33.0 Å². The molecule has 0 aliphatic carbocycles. The first-order valence-corrected chi connectivity index (χ1v) is 12.0. The molecule has 0 unspecified atom stereocenters. The molecule has 0 aromatic heterocycles. The highest BCUT2D eigenvalue weighted by Gasteiger charge is 2.55. The van der Waals surface area contributed by atoms with E-state index < -0.39 is 41.9 Å². The molecule has 1 heterocycles. The Morgan fingerprint density at radius 1 is 0.865 bits per heavy atom. The number of carboxylic acids is 1. The van der Waals surface area contributed by atoms with E-state index in [-0.39, 0.29) is 13.1 Å².